The van der Waals surface area contributed by atoms with Gasteiger partial charge in [0, 0.05) is 19.0 Å². The number of unbranched alkanes of at least 4 members (excludes halogenated alkanes) is 1. The summed E-state index contributed by atoms with van der Waals surface area (Å²) in [5.41, 5.74) is 0.321. The molecule has 1 aliphatic rings. The van der Waals surface area contributed by atoms with E-state index in [4.69, 9.17) is 4.74 Å². The van der Waals surface area contributed by atoms with Crippen LogP contribution >= 0.6 is 0 Å². The first-order valence-electron chi connectivity index (χ1n) is 10.7. The average Bonchev–Trinajstić information content (AvgIpc) is 2.92. The molecule has 2 unspecified atom stereocenters. The monoisotopic (exact) mass is 431 g/mol. The largest absolute Gasteiger partial charge is 0.435 e. The summed E-state index contributed by atoms with van der Waals surface area (Å²) in [6, 6.07) is 7.91. The highest BCUT2D eigenvalue weighted by molar-refractivity contribution is 6.38. The molecule has 1 aromatic rings. The zero-order valence-electron chi connectivity index (χ0n) is 18.9. The third-order valence-electron chi connectivity index (χ3n) is 5.51. The molecule has 170 valence electrons. The van der Waals surface area contributed by atoms with Crippen molar-refractivity contribution in [3.05, 3.63) is 35.9 Å². The van der Waals surface area contributed by atoms with Crippen molar-refractivity contribution in [3.8, 4) is 0 Å². The van der Waals surface area contributed by atoms with Crippen LogP contribution in [0.4, 0.5) is 4.79 Å². The van der Waals surface area contributed by atoms with Gasteiger partial charge in [0.25, 0.3) is 11.8 Å². The molecule has 2 rings (SSSR count). The number of hydrogen-bond acceptors (Lipinski definition) is 5. The minimum Gasteiger partial charge on any atom is -0.435 e. The Labute approximate surface area is 183 Å². The number of likely N-dealkylation sites (N-methyl/N-ethyl adjacent to an activating group) is 1. The second-order valence-corrected chi connectivity index (χ2v) is 8.78. The van der Waals surface area contributed by atoms with Crippen molar-refractivity contribution in [2.45, 2.75) is 65.1 Å². The van der Waals surface area contributed by atoms with Gasteiger partial charge in [0.05, 0.1) is 6.04 Å². The van der Waals surface area contributed by atoms with Crippen LogP contribution in [0.25, 0.3) is 0 Å². The molecule has 31 heavy (non-hydrogen) atoms. The number of ketones is 1. The molecule has 0 spiro atoms. The molecule has 1 aromatic carbocycles. The first-order valence-corrected chi connectivity index (χ1v) is 10.7. The molecule has 3 amide bonds. The van der Waals surface area contributed by atoms with E-state index in [1.165, 1.54) is 4.90 Å². The van der Waals surface area contributed by atoms with Crippen LogP contribution in [0.1, 0.15) is 58.6 Å². The highest BCUT2D eigenvalue weighted by atomic mass is 16.6. The van der Waals surface area contributed by atoms with E-state index < -0.39 is 35.3 Å². The Morgan fingerprint density at radius 3 is 2.39 bits per heavy atom. The average molecular weight is 432 g/mol. The quantitative estimate of drug-likeness (QED) is 0.585. The molecule has 0 radical (unpaired) electrons. The molecule has 1 aliphatic heterocycles. The number of nitrogens with zero attached hydrogens (tertiary/aromatic N) is 1. The zero-order chi connectivity index (χ0) is 23.2. The Balaban J connectivity index is 2.03. The van der Waals surface area contributed by atoms with Gasteiger partial charge in [-0.1, -0.05) is 63.9 Å². The summed E-state index contributed by atoms with van der Waals surface area (Å²) >= 11 is 0. The summed E-state index contributed by atoms with van der Waals surface area (Å²) in [6.45, 7) is 7.87. The number of Topliss-reactive ketones (excluding diaryl/α,β-unsaturated/α-hetero) is 1. The van der Waals surface area contributed by atoms with Gasteiger partial charge in [0.2, 0.25) is 5.78 Å². The molecule has 8 heteroatoms. The van der Waals surface area contributed by atoms with Gasteiger partial charge in [-0.3, -0.25) is 14.4 Å². The van der Waals surface area contributed by atoms with Gasteiger partial charge in [0.1, 0.15) is 6.04 Å². The van der Waals surface area contributed by atoms with Crippen molar-refractivity contribution in [2.24, 2.45) is 5.41 Å². The summed E-state index contributed by atoms with van der Waals surface area (Å²) in [7, 11) is 1.65. The van der Waals surface area contributed by atoms with Crippen LogP contribution in [0.5, 0.6) is 0 Å². The van der Waals surface area contributed by atoms with E-state index in [9.17, 15) is 19.2 Å². The third kappa shape index (κ3) is 6.29. The highest BCUT2D eigenvalue weighted by Crippen LogP contribution is 2.32. The normalized spacial score (nSPS) is 19.5. The van der Waals surface area contributed by atoms with Gasteiger partial charge in [-0.25, -0.2) is 4.79 Å². The summed E-state index contributed by atoms with van der Waals surface area (Å²) < 4.78 is 5.37. The maximum Gasteiger partial charge on any atom is 0.408 e. The molecule has 2 N–H and O–H groups in total. The smallest absolute Gasteiger partial charge is 0.408 e. The van der Waals surface area contributed by atoms with Crippen LogP contribution in [0.15, 0.2) is 30.3 Å². The summed E-state index contributed by atoms with van der Waals surface area (Å²) in [6.07, 6.45) is -0.0677. The lowest BCUT2D eigenvalue weighted by atomic mass is 9.90. The topological polar surface area (TPSA) is 105 Å². The minimum absolute atomic E-state index is 0.286. The van der Waals surface area contributed by atoms with E-state index in [-0.39, 0.29) is 11.9 Å². The van der Waals surface area contributed by atoms with E-state index in [2.05, 4.69) is 10.6 Å². The Kier molecular flexibility index (Phi) is 8.19. The van der Waals surface area contributed by atoms with Gasteiger partial charge in [-0.15, -0.1) is 0 Å². The molecule has 0 aliphatic carbocycles. The lowest BCUT2D eigenvalue weighted by molar-refractivity contribution is -0.139. The molecule has 8 nitrogen and oxygen atoms in total. The van der Waals surface area contributed by atoms with Crippen molar-refractivity contribution in [1.82, 2.24) is 15.5 Å². The van der Waals surface area contributed by atoms with E-state index in [0.29, 0.717) is 19.4 Å². The van der Waals surface area contributed by atoms with Crippen molar-refractivity contribution in [3.63, 3.8) is 0 Å². The molecule has 0 saturated carbocycles. The second-order valence-electron chi connectivity index (χ2n) is 8.78. The van der Waals surface area contributed by atoms with Gasteiger partial charge in [-0.2, -0.15) is 0 Å². The van der Waals surface area contributed by atoms with E-state index in [1.54, 1.807) is 14.0 Å². The Bertz CT molecular complexity index is 809. The third-order valence-corrected chi connectivity index (χ3v) is 5.51. The molecule has 1 saturated heterocycles. The fourth-order valence-corrected chi connectivity index (χ4v) is 3.73. The Morgan fingerprint density at radius 1 is 1.19 bits per heavy atom. The Morgan fingerprint density at radius 2 is 1.84 bits per heavy atom. The van der Waals surface area contributed by atoms with Crippen LogP contribution in [0.2, 0.25) is 0 Å². The summed E-state index contributed by atoms with van der Waals surface area (Å²) in [4.78, 5) is 51.6. The number of carbonyl (C=O) groups excluding carboxylic acids is 4. The number of hydrogen-bond donors (Lipinski definition) is 2. The maximum atomic E-state index is 12.8. The fourth-order valence-electron chi connectivity index (χ4n) is 3.73. The van der Waals surface area contributed by atoms with Gasteiger partial charge in [-0.05, 0) is 18.9 Å². The molecule has 0 aromatic heterocycles. The summed E-state index contributed by atoms with van der Waals surface area (Å²) in [5, 5.41) is 5.19. The molecule has 3 atom stereocenters. The molecule has 1 fully saturated rings. The molecule has 0 bridgehead atoms. The van der Waals surface area contributed by atoms with Crippen LogP contribution in [0, 0.1) is 5.41 Å². The number of likely N-dealkylation sites (tertiary alicyclic amines) is 1. The molecule has 1 heterocycles. The fraction of sp³-hybridized carbons (Fsp3) is 0.565. The highest BCUT2D eigenvalue weighted by Gasteiger charge is 2.47. The minimum atomic E-state index is -1.02. The maximum absolute atomic E-state index is 12.8. The van der Waals surface area contributed by atoms with Gasteiger partial charge >= 0.3 is 6.09 Å². The predicted octanol–water partition coefficient (Wildman–Crippen LogP) is 2.58. The lowest BCUT2D eigenvalue weighted by Crippen LogP contribution is -2.49. The first-order chi connectivity index (χ1) is 14.6. The zero-order valence-corrected chi connectivity index (χ0v) is 18.9. The number of amides is 3. The first kappa shape index (κ1) is 24.4. The number of nitrogens with one attached hydrogen (secondary N) is 2. The van der Waals surface area contributed by atoms with Crippen molar-refractivity contribution < 1.29 is 23.9 Å². The molecular formula is C23H33N3O5. The lowest BCUT2D eigenvalue weighted by Gasteiger charge is -2.25. The SMILES string of the molecule is CCCCC(NC(=O)OC1C(=O)N(C)CC1(C)C)C(=O)C(=O)N[C@H](C)c1ccccc1. The van der Waals surface area contributed by atoms with Gasteiger partial charge in [0.15, 0.2) is 6.10 Å². The Hall–Kier alpha value is -2.90. The van der Waals surface area contributed by atoms with E-state index >= 15 is 0 Å². The van der Waals surface area contributed by atoms with Crippen molar-refractivity contribution in [1.29, 1.82) is 0 Å². The number of alkyl carbamates (subject to hydrolysis) is 1. The van der Waals surface area contributed by atoms with Gasteiger partial charge < -0.3 is 20.3 Å². The van der Waals surface area contributed by atoms with Crippen LogP contribution in [-0.4, -0.2) is 54.3 Å². The molecular weight excluding hydrogens is 398 g/mol. The van der Waals surface area contributed by atoms with Crippen LogP contribution in [0.3, 0.4) is 0 Å². The number of carbonyl (C=O) groups is 4. The van der Waals surface area contributed by atoms with Crippen molar-refractivity contribution in [2.75, 3.05) is 13.6 Å². The standard InChI is InChI=1S/C23H33N3O5/c1-6-7-13-17(18(27)20(28)24-15(2)16-11-9-8-10-12-16)25-22(30)31-19-21(29)26(5)14-23(19,3)4/h8-12,15,17,19H,6-7,13-14H2,1-5H3,(H,24,28)(H,25,30)/t15-,17?,19?/m1/s1. The van der Waals surface area contributed by atoms with Crippen molar-refractivity contribution >= 4 is 23.7 Å². The van der Waals surface area contributed by atoms with E-state index in [1.807, 2.05) is 51.1 Å². The summed E-state index contributed by atoms with van der Waals surface area (Å²) in [5.74, 6) is -1.79. The number of rotatable bonds is 9. The van der Waals surface area contributed by atoms with Crippen LogP contribution < -0.4 is 10.6 Å². The predicted molar refractivity (Wildman–Crippen MR) is 116 cm³/mol. The number of ether oxygens (including phenoxy) is 1. The number of benzene rings is 1. The second kappa shape index (κ2) is 10.4. The van der Waals surface area contributed by atoms with E-state index in [0.717, 1.165) is 12.0 Å². The van der Waals surface area contributed by atoms with Crippen LogP contribution in [-0.2, 0) is 19.1 Å².